The monoisotopic (exact) mass is 274 g/mol. The molecule has 6 heteroatoms. The first kappa shape index (κ1) is 15.4. The second kappa shape index (κ2) is 5.97. The van der Waals surface area contributed by atoms with Crippen LogP contribution in [0, 0.1) is 11.6 Å². The van der Waals surface area contributed by atoms with Crippen molar-refractivity contribution >= 4 is 5.97 Å². The molecule has 1 aromatic carbocycles. The van der Waals surface area contributed by atoms with Gasteiger partial charge in [-0.05, 0) is 25.0 Å². The largest absolute Gasteiger partial charge is 0.485 e. The summed E-state index contributed by atoms with van der Waals surface area (Å²) in [6.45, 7) is 3.19. The van der Waals surface area contributed by atoms with Crippen LogP contribution >= 0.6 is 0 Å². The van der Waals surface area contributed by atoms with Gasteiger partial charge in [-0.3, -0.25) is 0 Å². The Morgan fingerprint density at radius 3 is 2.11 bits per heavy atom. The number of carbonyl (C=O) groups is 1. The zero-order valence-electron chi connectivity index (χ0n) is 10.7. The average Bonchev–Trinajstić information content (AvgIpc) is 2.37. The summed E-state index contributed by atoms with van der Waals surface area (Å²) in [6, 6.07) is 1.36. The number of aromatic carboxylic acids is 1. The third-order valence-corrected chi connectivity index (χ3v) is 3.05. The number of carboxylic acids is 1. The predicted molar refractivity (Wildman–Crippen MR) is 64.3 cm³/mol. The van der Waals surface area contributed by atoms with Crippen LogP contribution in [0.3, 0.4) is 0 Å². The predicted octanol–water partition coefficient (Wildman–Crippen LogP) is 2.59. The molecule has 0 unspecified atom stereocenters. The zero-order chi connectivity index (χ0) is 14.6. The molecule has 1 aromatic rings. The highest BCUT2D eigenvalue weighted by Gasteiger charge is 2.25. The normalized spacial score (nSPS) is 11.4. The van der Waals surface area contributed by atoms with Gasteiger partial charge in [0.2, 0.25) is 0 Å². The fourth-order valence-electron chi connectivity index (χ4n) is 1.48. The van der Waals surface area contributed by atoms with Gasteiger partial charge in [0.15, 0.2) is 17.4 Å². The molecule has 0 radical (unpaired) electrons. The molecule has 4 nitrogen and oxygen atoms in total. The molecule has 19 heavy (non-hydrogen) atoms. The van der Waals surface area contributed by atoms with E-state index >= 15 is 0 Å². The molecule has 0 aliphatic rings. The minimum atomic E-state index is -1.43. The summed E-state index contributed by atoms with van der Waals surface area (Å²) < 4.78 is 32.0. The third kappa shape index (κ3) is 3.64. The lowest BCUT2D eigenvalue weighted by Gasteiger charge is -2.25. The average molecular weight is 274 g/mol. The first-order chi connectivity index (χ1) is 8.83. The van der Waals surface area contributed by atoms with Crippen molar-refractivity contribution in [3.05, 3.63) is 29.3 Å². The van der Waals surface area contributed by atoms with Crippen molar-refractivity contribution in [1.82, 2.24) is 0 Å². The van der Waals surface area contributed by atoms with Crippen LogP contribution in [-0.2, 0) is 0 Å². The molecule has 106 valence electrons. The number of benzene rings is 1. The minimum Gasteiger partial charge on any atom is -0.485 e. The summed E-state index contributed by atoms with van der Waals surface area (Å²) in [5, 5.41) is 18.6. The fourth-order valence-corrected chi connectivity index (χ4v) is 1.48. The Balaban J connectivity index is 2.94. The molecule has 0 aromatic heterocycles. The van der Waals surface area contributed by atoms with Crippen LogP contribution in [0.15, 0.2) is 12.1 Å². The Kier molecular flexibility index (Phi) is 4.83. The van der Waals surface area contributed by atoms with Crippen LogP contribution in [0.2, 0.25) is 0 Å². The fraction of sp³-hybridized carbons (Fsp3) is 0.462. The van der Waals surface area contributed by atoms with Crippen molar-refractivity contribution in [2.45, 2.75) is 32.3 Å². The van der Waals surface area contributed by atoms with Gasteiger partial charge in [-0.15, -0.1) is 0 Å². The molecule has 0 atom stereocenters. The van der Waals surface area contributed by atoms with Gasteiger partial charge in [0.25, 0.3) is 0 Å². The van der Waals surface area contributed by atoms with E-state index in [-0.39, 0.29) is 6.61 Å². The van der Waals surface area contributed by atoms with Crippen LogP contribution in [0.4, 0.5) is 8.78 Å². The summed E-state index contributed by atoms with van der Waals surface area (Å²) >= 11 is 0. The molecule has 0 spiro atoms. The Morgan fingerprint density at radius 2 is 1.74 bits per heavy atom. The lowest BCUT2D eigenvalue weighted by Crippen LogP contribution is -2.34. The summed E-state index contributed by atoms with van der Waals surface area (Å²) in [5.74, 6) is -4.31. The molecule has 0 aliphatic heterocycles. The number of hydrogen-bond acceptors (Lipinski definition) is 3. The molecule has 0 heterocycles. The van der Waals surface area contributed by atoms with Gasteiger partial charge >= 0.3 is 5.97 Å². The maximum absolute atomic E-state index is 13.5. The third-order valence-electron chi connectivity index (χ3n) is 3.05. The number of carboxylic acid groups (broad SMARTS) is 1. The van der Waals surface area contributed by atoms with Crippen molar-refractivity contribution in [3.8, 4) is 5.75 Å². The van der Waals surface area contributed by atoms with Crippen molar-refractivity contribution in [2.75, 3.05) is 6.61 Å². The second-order valence-corrected chi connectivity index (χ2v) is 4.29. The highest BCUT2D eigenvalue weighted by Crippen LogP contribution is 2.25. The molecular formula is C13H16F2O4. The first-order valence-corrected chi connectivity index (χ1v) is 5.90. The molecule has 0 saturated carbocycles. The van der Waals surface area contributed by atoms with Crippen LogP contribution in [0.25, 0.3) is 0 Å². The SMILES string of the molecule is CCC(O)(CC)COc1c(F)cc(C(=O)O)cc1F. The Morgan fingerprint density at radius 1 is 1.26 bits per heavy atom. The summed E-state index contributed by atoms with van der Waals surface area (Å²) in [5.41, 5.74) is -1.66. The van der Waals surface area contributed by atoms with Crippen LogP contribution in [0.1, 0.15) is 37.0 Å². The van der Waals surface area contributed by atoms with Gasteiger partial charge in [0.1, 0.15) is 6.61 Å². The van der Waals surface area contributed by atoms with E-state index in [9.17, 15) is 18.7 Å². The topological polar surface area (TPSA) is 66.8 Å². The lowest BCUT2D eigenvalue weighted by molar-refractivity contribution is -0.0134. The number of ether oxygens (including phenoxy) is 1. The number of aliphatic hydroxyl groups is 1. The van der Waals surface area contributed by atoms with E-state index in [1.165, 1.54) is 0 Å². The van der Waals surface area contributed by atoms with E-state index in [2.05, 4.69) is 0 Å². The number of rotatable bonds is 6. The van der Waals surface area contributed by atoms with Gasteiger partial charge in [0.05, 0.1) is 11.2 Å². The standard InChI is InChI=1S/C13H16F2O4/c1-3-13(18,4-2)7-19-11-9(14)5-8(12(16)17)6-10(11)15/h5-6,18H,3-4,7H2,1-2H3,(H,16,17). The van der Waals surface area contributed by atoms with Crippen LogP contribution < -0.4 is 4.74 Å². The Labute approximate surface area is 109 Å². The van der Waals surface area contributed by atoms with E-state index in [4.69, 9.17) is 9.84 Å². The molecule has 0 aliphatic carbocycles. The van der Waals surface area contributed by atoms with E-state index in [1.807, 2.05) is 0 Å². The summed E-state index contributed by atoms with van der Waals surface area (Å²) in [6.07, 6.45) is 0.750. The molecule has 0 bridgehead atoms. The van der Waals surface area contributed by atoms with Gasteiger partial charge in [-0.25, -0.2) is 13.6 Å². The van der Waals surface area contributed by atoms with Gasteiger partial charge < -0.3 is 14.9 Å². The molecule has 1 rings (SSSR count). The molecule has 0 saturated heterocycles. The van der Waals surface area contributed by atoms with Crippen LogP contribution in [0.5, 0.6) is 5.75 Å². The maximum atomic E-state index is 13.5. The van der Waals surface area contributed by atoms with Crippen molar-refractivity contribution < 1.29 is 28.5 Å². The van der Waals surface area contributed by atoms with Crippen molar-refractivity contribution in [2.24, 2.45) is 0 Å². The van der Waals surface area contributed by atoms with Crippen LogP contribution in [-0.4, -0.2) is 28.4 Å². The molecular weight excluding hydrogens is 258 g/mol. The summed E-state index contributed by atoms with van der Waals surface area (Å²) in [7, 11) is 0. The molecule has 0 amide bonds. The molecule has 0 fully saturated rings. The van der Waals surface area contributed by atoms with Crippen molar-refractivity contribution in [3.63, 3.8) is 0 Å². The number of halogens is 2. The Hall–Kier alpha value is -1.69. The number of hydrogen-bond donors (Lipinski definition) is 2. The maximum Gasteiger partial charge on any atom is 0.335 e. The van der Waals surface area contributed by atoms with Crippen molar-refractivity contribution in [1.29, 1.82) is 0 Å². The van der Waals surface area contributed by atoms with Gasteiger partial charge in [0, 0.05) is 0 Å². The van der Waals surface area contributed by atoms with E-state index < -0.39 is 34.5 Å². The summed E-state index contributed by atoms with van der Waals surface area (Å²) in [4.78, 5) is 10.6. The van der Waals surface area contributed by atoms with E-state index in [0.717, 1.165) is 0 Å². The highest BCUT2D eigenvalue weighted by molar-refractivity contribution is 5.87. The molecule has 2 N–H and O–H groups in total. The van der Waals surface area contributed by atoms with E-state index in [0.29, 0.717) is 25.0 Å². The minimum absolute atomic E-state index is 0.264. The van der Waals surface area contributed by atoms with Gasteiger partial charge in [-0.1, -0.05) is 13.8 Å². The van der Waals surface area contributed by atoms with Gasteiger partial charge in [-0.2, -0.15) is 0 Å². The zero-order valence-corrected chi connectivity index (χ0v) is 10.7. The smallest absolute Gasteiger partial charge is 0.335 e. The highest BCUT2D eigenvalue weighted by atomic mass is 19.1. The quantitative estimate of drug-likeness (QED) is 0.836. The Bertz CT molecular complexity index is 447. The van der Waals surface area contributed by atoms with E-state index in [1.54, 1.807) is 13.8 Å². The first-order valence-electron chi connectivity index (χ1n) is 5.90. The second-order valence-electron chi connectivity index (χ2n) is 4.29. The lowest BCUT2D eigenvalue weighted by atomic mass is 9.99.